The number of imide groups is 2. The van der Waals surface area contributed by atoms with Crippen molar-refractivity contribution in [1.82, 2.24) is 20.4 Å². The van der Waals surface area contributed by atoms with Crippen molar-refractivity contribution in [3.05, 3.63) is 69.8 Å². The minimum atomic E-state index is -0.714. The van der Waals surface area contributed by atoms with Crippen LogP contribution in [0.5, 0.6) is 0 Å². The summed E-state index contributed by atoms with van der Waals surface area (Å²) in [6, 6.07) is 8.14. The molecule has 0 radical (unpaired) electrons. The molecule has 10 nitrogen and oxygen atoms in total. The van der Waals surface area contributed by atoms with E-state index in [1.165, 1.54) is 50.5 Å². The zero-order valence-electron chi connectivity index (χ0n) is 16.5. The normalized spacial score (nSPS) is 14.6. The van der Waals surface area contributed by atoms with Gasteiger partial charge in [-0.1, -0.05) is 0 Å². The van der Waals surface area contributed by atoms with Gasteiger partial charge >= 0.3 is 0 Å². The van der Waals surface area contributed by atoms with E-state index in [0.29, 0.717) is 0 Å². The summed E-state index contributed by atoms with van der Waals surface area (Å²) in [5, 5.41) is 4.86. The molecule has 0 atom stereocenters. The molecule has 6 amide bonds. The lowest BCUT2D eigenvalue weighted by molar-refractivity contribution is 0.0471. The summed E-state index contributed by atoms with van der Waals surface area (Å²) < 4.78 is 0. The van der Waals surface area contributed by atoms with E-state index in [4.69, 9.17) is 0 Å². The summed E-state index contributed by atoms with van der Waals surface area (Å²) in [6.07, 6.45) is 0. The van der Waals surface area contributed by atoms with Crippen molar-refractivity contribution in [2.45, 2.75) is 0 Å². The second-order valence-electron chi connectivity index (χ2n) is 6.90. The van der Waals surface area contributed by atoms with Crippen LogP contribution >= 0.6 is 0 Å². The first-order chi connectivity index (χ1) is 14.8. The lowest BCUT2D eigenvalue weighted by Crippen LogP contribution is -2.43. The van der Waals surface area contributed by atoms with Crippen molar-refractivity contribution in [2.24, 2.45) is 0 Å². The van der Waals surface area contributed by atoms with Crippen molar-refractivity contribution in [2.75, 3.05) is 20.8 Å². The van der Waals surface area contributed by atoms with E-state index in [2.05, 4.69) is 10.6 Å². The van der Waals surface area contributed by atoms with Crippen LogP contribution in [0.3, 0.4) is 0 Å². The van der Waals surface area contributed by atoms with Gasteiger partial charge in [-0.05, 0) is 36.4 Å². The molecule has 0 aromatic heterocycles. The van der Waals surface area contributed by atoms with E-state index in [1.54, 1.807) is 0 Å². The van der Waals surface area contributed by atoms with Gasteiger partial charge in [-0.25, -0.2) is 0 Å². The fraction of sp³-hybridized carbons (Fsp3) is 0.143. The largest absolute Gasteiger partial charge is 0.355 e. The Bertz CT molecular complexity index is 1120. The third kappa shape index (κ3) is 2.96. The predicted molar refractivity (Wildman–Crippen MR) is 106 cm³/mol. The van der Waals surface area contributed by atoms with Gasteiger partial charge in [0, 0.05) is 25.2 Å². The Kier molecular flexibility index (Phi) is 4.61. The van der Waals surface area contributed by atoms with Crippen LogP contribution in [0.1, 0.15) is 62.1 Å². The Hall–Kier alpha value is -4.34. The molecular formula is C21H16N4O6. The highest BCUT2D eigenvalue weighted by molar-refractivity contribution is 6.24. The van der Waals surface area contributed by atoms with Gasteiger partial charge in [-0.2, -0.15) is 0 Å². The average molecular weight is 420 g/mol. The standard InChI is InChI=1S/C21H16N4O6/c1-22-16(26)10-3-5-12-14(7-10)20(30)24(18(12)28)9-25-19(29)13-6-4-11(17(27)23-2)8-15(13)21(25)31/h3-8H,9H2,1-2H3,(H,22,26)(H,23,27). The van der Waals surface area contributed by atoms with E-state index in [0.717, 1.165) is 9.80 Å². The Labute approximate surface area is 175 Å². The first-order valence-corrected chi connectivity index (χ1v) is 9.23. The molecule has 156 valence electrons. The van der Waals surface area contributed by atoms with Gasteiger partial charge < -0.3 is 10.6 Å². The molecule has 2 aliphatic rings. The summed E-state index contributed by atoms with van der Waals surface area (Å²) in [4.78, 5) is 76.2. The molecule has 2 aromatic carbocycles. The fourth-order valence-electron chi connectivity index (χ4n) is 3.55. The van der Waals surface area contributed by atoms with E-state index in [-0.39, 0.29) is 33.4 Å². The summed E-state index contributed by atoms with van der Waals surface area (Å²) >= 11 is 0. The van der Waals surface area contributed by atoms with Crippen LogP contribution in [0.15, 0.2) is 36.4 Å². The van der Waals surface area contributed by atoms with E-state index >= 15 is 0 Å². The van der Waals surface area contributed by atoms with Crippen molar-refractivity contribution in [3.63, 3.8) is 0 Å². The molecule has 2 aromatic rings. The van der Waals surface area contributed by atoms with Crippen molar-refractivity contribution >= 4 is 35.4 Å². The molecular weight excluding hydrogens is 404 g/mol. The van der Waals surface area contributed by atoms with Crippen LogP contribution in [-0.4, -0.2) is 66.0 Å². The number of hydrogen-bond donors (Lipinski definition) is 2. The average Bonchev–Trinajstić information content (AvgIpc) is 3.17. The molecule has 0 saturated carbocycles. The monoisotopic (exact) mass is 420 g/mol. The maximum absolute atomic E-state index is 12.8. The number of benzene rings is 2. The number of hydrogen-bond acceptors (Lipinski definition) is 6. The van der Waals surface area contributed by atoms with Crippen LogP contribution in [0.2, 0.25) is 0 Å². The summed E-state index contributed by atoms with van der Waals surface area (Å²) in [5.74, 6) is -3.62. The van der Waals surface area contributed by atoms with Gasteiger partial charge in [-0.3, -0.25) is 38.6 Å². The topological polar surface area (TPSA) is 133 Å². The number of carbonyl (C=O) groups excluding carboxylic acids is 6. The lowest BCUT2D eigenvalue weighted by atomic mass is 10.1. The van der Waals surface area contributed by atoms with Crippen LogP contribution < -0.4 is 10.6 Å². The molecule has 0 bridgehead atoms. The molecule has 2 heterocycles. The molecule has 0 unspecified atom stereocenters. The van der Waals surface area contributed by atoms with Gasteiger partial charge in [0.1, 0.15) is 6.67 Å². The Morgan fingerprint density at radius 3 is 1.35 bits per heavy atom. The van der Waals surface area contributed by atoms with E-state index < -0.39 is 42.1 Å². The predicted octanol–water partition coefficient (Wildman–Crippen LogP) is 0.255. The smallest absolute Gasteiger partial charge is 0.263 e. The zero-order chi connectivity index (χ0) is 22.4. The number of nitrogens with one attached hydrogen (secondary N) is 2. The Morgan fingerprint density at radius 2 is 1.00 bits per heavy atom. The third-order valence-corrected chi connectivity index (χ3v) is 5.20. The second-order valence-corrected chi connectivity index (χ2v) is 6.90. The third-order valence-electron chi connectivity index (χ3n) is 5.20. The van der Waals surface area contributed by atoms with Crippen molar-refractivity contribution < 1.29 is 28.8 Å². The van der Waals surface area contributed by atoms with Crippen LogP contribution in [0.4, 0.5) is 0 Å². The maximum atomic E-state index is 12.8. The van der Waals surface area contributed by atoms with Gasteiger partial charge in [0.15, 0.2) is 0 Å². The summed E-state index contributed by atoms with van der Waals surface area (Å²) in [7, 11) is 2.87. The Morgan fingerprint density at radius 1 is 0.645 bits per heavy atom. The van der Waals surface area contributed by atoms with Crippen LogP contribution in [-0.2, 0) is 0 Å². The van der Waals surface area contributed by atoms with Gasteiger partial charge in [0.25, 0.3) is 35.4 Å². The van der Waals surface area contributed by atoms with E-state index in [9.17, 15) is 28.8 Å². The highest BCUT2D eigenvalue weighted by atomic mass is 16.2. The Balaban J connectivity index is 1.62. The molecule has 31 heavy (non-hydrogen) atoms. The highest BCUT2D eigenvalue weighted by Gasteiger charge is 2.42. The number of rotatable bonds is 4. The summed E-state index contributed by atoms with van der Waals surface area (Å²) in [5.41, 5.74) is 0.597. The quantitative estimate of drug-likeness (QED) is 0.682. The second kappa shape index (κ2) is 7.17. The van der Waals surface area contributed by atoms with Crippen LogP contribution in [0, 0.1) is 0 Å². The molecule has 2 aliphatic heterocycles. The van der Waals surface area contributed by atoms with Crippen LogP contribution in [0.25, 0.3) is 0 Å². The molecule has 10 heteroatoms. The maximum Gasteiger partial charge on any atom is 0.263 e. The minimum Gasteiger partial charge on any atom is -0.355 e. The molecule has 2 N–H and O–H groups in total. The first kappa shape index (κ1) is 20.0. The highest BCUT2D eigenvalue weighted by Crippen LogP contribution is 2.28. The minimum absolute atomic E-state index is 0.0182. The molecule has 0 fully saturated rings. The summed E-state index contributed by atoms with van der Waals surface area (Å²) in [6.45, 7) is -0.580. The molecule has 0 aliphatic carbocycles. The van der Waals surface area contributed by atoms with Gasteiger partial charge in [-0.15, -0.1) is 0 Å². The number of fused-ring (bicyclic) bond motifs is 2. The molecule has 0 saturated heterocycles. The van der Waals surface area contributed by atoms with Gasteiger partial charge in [0.05, 0.1) is 22.3 Å². The lowest BCUT2D eigenvalue weighted by Gasteiger charge is -2.20. The fourth-order valence-corrected chi connectivity index (χ4v) is 3.55. The van der Waals surface area contributed by atoms with Crippen molar-refractivity contribution in [1.29, 1.82) is 0 Å². The molecule has 0 spiro atoms. The first-order valence-electron chi connectivity index (χ1n) is 9.23. The number of carbonyl (C=O) groups is 6. The number of nitrogens with zero attached hydrogens (tertiary/aromatic N) is 2. The SMILES string of the molecule is CNC(=O)c1ccc2c(c1)C(=O)N(CN1C(=O)c3ccc(C(=O)NC)cc3C1=O)C2=O. The zero-order valence-corrected chi connectivity index (χ0v) is 16.5. The number of amides is 6. The molecule has 4 rings (SSSR count). The van der Waals surface area contributed by atoms with Gasteiger partial charge in [0.2, 0.25) is 0 Å². The van der Waals surface area contributed by atoms with Crippen molar-refractivity contribution in [3.8, 4) is 0 Å². The van der Waals surface area contributed by atoms with E-state index in [1.807, 2.05) is 0 Å².